The summed E-state index contributed by atoms with van der Waals surface area (Å²) in [5.41, 5.74) is 6.67. The van der Waals surface area contributed by atoms with Crippen LogP contribution in [-0.2, 0) is 11.2 Å². The fourth-order valence-corrected chi connectivity index (χ4v) is 2.71. The molecule has 2 rings (SSSR count). The molecule has 0 saturated heterocycles. The number of ketones is 1. The molecule has 1 aliphatic rings. The maximum Gasteiger partial charge on any atom is 0.140 e. The second-order valence-corrected chi connectivity index (χ2v) is 5.23. The summed E-state index contributed by atoms with van der Waals surface area (Å²) in [6, 6.07) is 3.75. The number of rotatable bonds is 3. The summed E-state index contributed by atoms with van der Waals surface area (Å²) in [4.78, 5) is 16.3. The minimum atomic E-state index is 0.241. The number of hydrogen-bond donors (Lipinski definition) is 1. The highest BCUT2D eigenvalue weighted by Gasteiger charge is 2.20. The lowest BCUT2D eigenvalue weighted by Crippen LogP contribution is -2.19. The Morgan fingerprint density at radius 1 is 1.22 bits per heavy atom. The van der Waals surface area contributed by atoms with Gasteiger partial charge in [0.25, 0.3) is 0 Å². The Morgan fingerprint density at radius 2 is 1.89 bits per heavy atom. The first-order valence-electron chi connectivity index (χ1n) is 6.99. The summed E-state index contributed by atoms with van der Waals surface area (Å²) < 4.78 is 0. The molecule has 1 heterocycles. The Morgan fingerprint density at radius 3 is 2.56 bits per heavy atom. The number of pyridine rings is 1. The van der Waals surface area contributed by atoms with E-state index in [1.165, 1.54) is 32.1 Å². The van der Waals surface area contributed by atoms with E-state index < -0.39 is 0 Å². The molecule has 18 heavy (non-hydrogen) atoms. The van der Waals surface area contributed by atoms with Gasteiger partial charge in [0.2, 0.25) is 0 Å². The highest BCUT2D eigenvalue weighted by molar-refractivity contribution is 5.84. The molecule has 2 N–H and O–H groups in total. The summed E-state index contributed by atoms with van der Waals surface area (Å²) in [6.07, 6.45) is 10.5. The van der Waals surface area contributed by atoms with E-state index in [2.05, 4.69) is 4.98 Å². The fourth-order valence-electron chi connectivity index (χ4n) is 2.71. The lowest BCUT2D eigenvalue weighted by molar-refractivity contribution is -0.122. The van der Waals surface area contributed by atoms with Crippen molar-refractivity contribution in [3.63, 3.8) is 0 Å². The first kappa shape index (κ1) is 13.1. The van der Waals surface area contributed by atoms with E-state index >= 15 is 0 Å². The lowest BCUT2D eigenvalue weighted by Gasteiger charge is -2.18. The van der Waals surface area contributed by atoms with Gasteiger partial charge in [0.1, 0.15) is 11.6 Å². The number of anilines is 1. The van der Waals surface area contributed by atoms with Gasteiger partial charge in [-0.1, -0.05) is 38.2 Å². The molecule has 1 aromatic heterocycles. The largest absolute Gasteiger partial charge is 0.383 e. The molecule has 0 aliphatic heterocycles. The minimum absolute atomic E-state index is 0.241. The molecule has 0 bridgehead atoms. The Labute approximate surface area is 109 Å². The summed E-state index contributed by atoms with van der Waals surface area (Å²) in [6.45, 7) is 0. The second kappa shape index (κ2) is 6.53. The minimum Gasteiger partial charge on any atom is -0.383 e. The normalized spacial score (nSPS) is 18.0. The van der Waals surface area contributed by atoms with Crippen molar-refractivity contribution in [2.24, 2.45) is 5.92 Å². The van der Waals surface area contributed by atoms with E-state index in [1.807, 2.05) is 12.1 Å². The average Bonchev–Trinajstić information content (AvgIpc) is 2.31. The van der Waals surface area contributed by atoms with E-state index in [4.69, 9.17) is 5.73 Å². The third-order valence-electron chi connectivity index (χ3n) is 3.85. The number of Topliss-reactive ketones (excluding diaryl/α,β-unsaturated/α-hetero) is 1. The smallest absolute Gasteiger partial charge is 0.140 e. The van der Waals surface area contributed by atoms with Crippen LogP contribution in [0.3, 0.4) is 0 Å². The van der Waals surface area contributed by atoms with Crippen molar-refractivity contribution < 1.29 is 4.79 Å². The van der Waals surface area contributed by atoms with Crippen LogP contribution < -0.4 is 5.73 Å². The highest BCUT2D eigenvalue weighted by atomic mass is 16.1. The molecule has 1 aliphatic carbocycles. The average molecular weight is 246 g/mol. The van der Waals surface area contributed by atoms with Crippen molar-refractivity contribution in [3.05, 3.63) is 23.9 Å². The molecule has 0 spiro atoms. The van der Waals surface area contributed by atoms with Crippen LogP contribution in [0.5, 0.6) is 0 Å². The molecule has 0 atom stereocenters. The number of nitrogens with zero attached hydrogens (tertiary/aromatic N) is 1. The second-order valence-electron chi connectivity index (χ2n) is 5.23. The zero-order chi connectivity index (χ0) is 12.8. The van der Waals surface area contributed by atoms with Gasteiger partial charge < -0.3 is 5.73 Å². The molecule has 98 valence electrons. The molecule has 0 aromatic carbocycles. The van der Waals surface area contributed by atoms with E-state index in [9.17, 15) is 4.79 Å². The van der Waals surface area contributed by atoms with Gasteiger partial charge in [0.15, 0.2) is 0 Å². The van der Waals surface area contributed by atoms with E-state index in [0.29, 0.717) is 18.0 Å². The van der Waals surface area contributed by atoms with Gasteiger partial charge in [0.05, 0.1) is 0 Å². The van der Waals surface area contributed by atoms with Crippen LogP contribution in [0.15, 0.2) is 18.3 Å². The van der Waals surface area contributed by atoms with Crippen LogP contribution in [0.25, 0.3) is 0 Å². The summed E-state index contributed by atoms with van der Waals surface area (Å²) in [7, 11) is 0. The lowest BCUT2D eigenvalue weighted by atomic mass is 9.86. The third-order valence-corrected chi connectivity index (χ3v) is 3.85. The molecule has 1 aromatic rings. The van der Waals surface area contributed by atoms with Crippen molar-refractivity contribution in [3.8, 4) is 0 Å². The molecule has 1 saturated carbocycles. The van der Waals surface area contributed by atoms with Gasteiger partial charge in [-0.2, -0.15) is 0 Å². The van der Waals surface area contributed by atoms with Gasteiger partial charge >= 0.3 is 0 Å². The number of carbonyl (C=O) groups is 1. The van der Waals surface area contributed by atoms with Gasteiger partial charge in [0, 0.05) is 24.1 Å². The zero-order valence-electron chi connectivity index (χ0n) is 10.9. The number of nitrogens with two attached hydrogens (primary N) is 1. The van der Waals surface area contributed by atoms with E-state index in [1.54, 1.807) is 6.20 Å². The predicted octanol–water partition coefficient (Wildman–Crippen LogP) is 3.14. The van der Waals surface area contributed by atoms with Gasteiger partial charge in [-0.3, -0.25) is 4.79 Å². The van der Waals surface area contributed by atoms with Gasteiger partial charge in [-0.15, -0.1) is 0 Å². The van der Waals surface area contributed by atoms with E-state index in [0.717, 1.165) is 18.4 Å². The number of nitrogen functional groups attached to an aromatic ring is 1. The molecule has 3 heteroatoms. The molecule has 0 amide bonds. The Kier molecular flexibility index (Phi) is 4.73. The monoisotopic (exact) mass is 246 g/mol. The SMILES string of the molecule is Nc1ncccc1CC(=O)C1CCCCCCC1. The zero-order valence-corrected chi connectivity index (χ0v) is 10.9. The predicted molar refractivity (Wildman–Crippen MR) is 73.2 cm³/mol. The summed E-state index contributed by atoms with van der Waals surface area (Å²) in [5, 5.41) is 0. The van der Waals surface area contributed by atoms with Crippen LogP contribution in [0, 0.1) is 5.92 Å². The Balaban J connectivity index is 1.96. The van der Waals surface area contributed by atoms with Crippen molar-refractivity contribution in [2.45, 2.75) is 51.4 Å². The van der Waals surface area contributed by atoms with Crippen LogP contribution in [-0.4, -0.2) is 10.8 Å². The first-order valence-corrected chi connectivity index (χ1v) is 6.99. The van der Waals surface area contributed by atoms with Crippen molar-refractivity contribution >= 4 is 11.6 Å². The maximum atomic E-state index is 12.3. The standard InChI is InChI=1S/C15H22N2O/c16-15-13(9-6-10-17-15)11-14(18)12-7-4-2-1-3-5-8-12/h6,9-10,12H,1-5,7-8,11H2,(H2,16,17). The fraction of sp³-hybridized carbons (Fsp3) is 0.600. The Hall–Kier alpha value is -1.38. The molecular weight excluding hydrogens is 224 g/mol. The number of carbonyl (C=O) groups excluding carboxylic acids is 1. The topological polar surface area (TPSA) is 56.0 Å². The Bertz CT molecular complexity index is 395. The van der Waals surface area contributed by atoms with Gasteiger partial charge in [-0.05, 0) is 18.9 Å². The van der Waals surface area contributed by atoms with Crippen LogP contribution >= 0.6 is 0 Å². The first-order chi connectivity index (χ1) is 8.77. The number of hydrogen-bond acceptors (Lipinski definition) is 3. The maximum absolute atomic E-state index is 12.3. The molecule has 0 unspecified atom stereocenters. The van der Waals surface area contributed by atoms with Crippen molar-refractivity contribution in [1.29, 1.82) is 0 Å². The number of aromatic nitrogens is 1. The molecule has 1 fully saturated rings. The van der Waals surface area contributed by atoms with Crippen LogP contribution in [0.2, 0.25) is 0 Å². The van der Waals surface area contributed by atoms with E-state index in [-0.39, 0.29) is 5.92 Å². The highest BCUT2D eigenvalue weighted by Crippen LogP contribution is 2.24. The van der Waals surface area contributed by atoms with Crippen LogP contribution in [0.1, 0.15) is 50.5 Å². The molecule has 0 radical (unpaired) electrons. The summed E-state index contributed by atoms with van der Waals surface area (Å²) in [5.74, 6) is 1.08. The van der Waals surface area contributed by atoms with Gasteiger partial charge in [-0.25, -0.2) is 4.98 Å². The van der Waals surface area contributed by atoms with Crippen molar-refractivity contribution in [1.82, 2.24) is 4.98 Å². The molecular formula is C15H22N2O. The third kappa shape index (κ3) is 3.56. The summed E-state index contributed by atoms with van der Waals surface area (Å²) >= 11 is 0. The van der Waals surface area contributed by atoms with Crippen molar-refractivity contribution in [2.75, 3.05) is 5.73 Å². The quantitative estimate of drug-likeness (QED) is 0.891. The molecule has 3 nitrogen and oxygen atoms in total. The van der Waals surface area contributed by atoms with Crippen LogP contribution in [0.4, 0.5) is 5.82 Å².